The number of benzene rings is 11. The molecule has 0 saturated heterocycles. The molecule has 0 radical (unpaired) electrons. The van der Waals surface area contributed by atoms with Crippen LogP contribution in [0.1, 0.15) is 47.2 Å². The predicted octanol–water partition coefficient (Wildman–Crippen LogP) is 18.0. The SMILES string of the molecule is CC1(C)c2cc(-c3cccc4ccccc34)ccc2-c2ccc(N(c3ccc4c(c3)C(c3ccccc3)(c3ccccc3)c3cc(-c5ccccc5)ccc3-4)c3ccccc3-c3ccccc3)cc21. The third kappa shape index (κ3) is 6.38. The zero-order valence-corrected chi connectivity index (χ0v) is 38.8. The molecule has 0 fully saturated rings. The Balaban J connectivity index is 1.03. The average Bonchev–Trinajstić information content (AvgIpc) is 3.83. The van der Waals surface area contributed by atoms with E-state index in [-0.39, 0.29) is 5.41 Å². The van der Waals surface area contributed by atoms with Crippen LogP contribution in [-0.4, -0.2) is 0 Å². The molecule has 0 bridgehead atoms. The van der Waals surface area contributed by atoms with E-state index in [1.54, 1.807) is 0 Å². The molecular weight excluding hydrogens is 831 g/mol. The lowest BCUT2D eigenvalue weighted by Gasteiger charge is -2.35. The molecule has 1 nitrogen and oxygen atoms in total. The van der Waals surface area contributed by atoms with Gasteiger partial charge in [0.25, 0.3) is 0 Å². The highest BCUT2D eigenvalue weighted by molar-refractivity contribution is 5.99. The molecule has 326 valence electrons. The Kier molecular flexibility index (Phi) is 9.49. The zero-order chi connectivity index (χ0) is 46.1. The summed E-state index contributed by atoms with van der Waals surface area (Å²) in [5.41, 5.74) is 22.7. The summed E-state index contributed by atoms with van der Waals surface area (Å²) >= 11 is 0. The van der Waals surface area contributed by atoms with Crippen LogP contribution in [0.2, 0.25) is 0 Å². The number of hydrogen-bond donors (Lipinski definition) is 0. The van der Waals surface area contributed by atoms with Crippen molar-refractivity contribution >= 4 is 27.8 Å². The fraction of sp³-hybridized carbons (Fsp3) is 0.0588. The molecule has 69 heavy (non-hydrogen) atoms. The first-order valence-electron chi connectivity index (χ1n) is 24.2. The molecule has 0 unspecified atom stereocenters. The highest BCUT2D eigenvalue weighted by atomic mass is 15.1. The molecule has 0 N–H and O–H groups in total. The van der Waals surface area contributed by atoms with Gasteiger partial charge in [-0.3, -0.25) is 0 Å². The van der Waals surface area contributed by atoms with Crippen molar-refractivity contribution in [1.29, 1.82) is 0 Å². The van der Waals surface area contributed by atoms with E-state index in [2.05, 4.69) is 280 Å². The first kappa shape index (κ1) is 40.7. The highest BCUT2D eigenvalue weighted by Gasteiger charge is 2.47. The molecule has 11 aromatic carbocycles. The van der Waals surface area contributed by atoms with Crippen LogP contribution in [0.5, 0.6) is 0 Å². The summed E-state index contributed by atoms with van der Waals surface area (Å²) in [6.45, 7) is 4.81. The van der Waals surface area contributed by atoms with Crippen LogP contribution in [-0.2, 0) is 10.8 Å². The molecule has 2 aliphatic carbocycles. The van der Waals surface area contributed by atoms with Gasteiger partial charge in [-0.15, -0.1) is 0 Å². The highest BCUT2D eigenvalue weighted by Crippen LogP contribution is 2.59. The second kappa shape index (κ2) is 16.1. The van der Waals surface area contributed by atoms with Gasteiger partial charge in [0.2, 0.25) is 0 Å². The van der Waals surface area contributed by atoms with E-state index in [4.69, 9.17) is 0 Å². The third-order valence-electron chi connectivity index (χ3n) is 15.1. The normalized spacial score (nSPS) is 13.6. The minimum Gasteiger partial charge on any atom is -0.310 e. The maximum atomic E-state index is 2.52. The monoisotopic (exact) mass is 879 g/mol. The molecule has 0 spiro atoms. The standard InChI is InChI=1S/C68H49N/c1-67(2)62-43-50(56-32-19-25-47-24-15-16-30-55(47)56)35-39-58(62)59-40-36-53(44-63(59)67)69(66-33-18-17-31-57(66)48-22-9-4-10-23-48)54-37-41-61-60-38-34-49(46-20-7-3-8-21-46)42-64(60)68(65(61)45-54,51-26-11-5-12-27-51)52-28-13-6-14-29-52/h3-45H,1-2H3. The molecule has 0 heterocycles. The summed E-state index contributed by atoms with van der Waals surface area (Å²) in [4.78, 5) is 2.52. The van der Waals surface area contributed by atoms with Crippen LogP contribution in [0.25, 0.3) is 66.4 Å². The summed E-state index contributed by atoms with van der Waals surface area (Å²) in [7, 11) is 0. The largest absolute Gasteiger partial charge is 0.310 e. The van der Waals surface area contributed by atoms with Crippen molar-refractivity contribution in [3.8, 4) is 55.6 Å². The van der Waals surface area contributed by atoms with Gasteiger partial charge in [-0.2, -0.15) is 0 Å². The fourth-order valence-corrected chi connectivity index (χ4v) is 11.9. The molecule has 0 aliphatic heterocycles. The van der Waals surface area contributed by atoms with Crippen molar-refractivity contribution in [2.45, 2.75) is 24.7 Å². The Labute approximate surface area is 405 Å². The van der Waals surface area contributed by atoms with Gasteiger partial charge in [-0.25, -0.2) is 0 Å². The number of fused-ring (bicyclic) bond motifs is 7. The zero-order valence-electron chi connectivity index (χ0n) is 38.8. The van der Waals surface area contributed by atoms with E-state index in [9.17, 15) is 0 Å². The van der Waals surface area contributed by atoms with E-state index in [1.807, 2.05) is 0 Å². The summed E-state index contributed by atoms with van der Waals surface area (Å²) < 4.78 is 0. The molecule has 1 heteroatoms. The van der Waals surface area contributed by atoms with Crippen molar-refractivity contribution in [1.82, 2.24) is 0 Å². The van der Waals surface area contributed by atoms with Crippen LogP contribution >= 0.6 is 0 Å². The Morgan fingerprint density at radius 1 is 0.290 bits per heavy atom. The maximum absolute atomic E-state index is 2.52. The van der Waals surface area contributed by atoms with Gasteiger partial charge in [0.05, 0.1) is 11.1 Å². The first-order chi connectivity index (χ1) is 34.0. The summed E-state index contributed by atoms with van der Waals surface area (Å²) in [5.74, 6) is 0. The molecule has 0 amide bonds. The summed E-state index contributed by atoms with van der Waals surface area (Å²) in [5, 5.41) is 2.54. The number of anilines is 3. The number of rotatable bonds is 8. The van der Waals surface area contributed by atoms with Crippen LogP contribution in [0.3, 0.4) is 0 Å². The van der Waals surface area contributed by atoms with E-state index in [1.165, 1.54) is 99.8 Å². The molecular formula is C68H49N. The Bertz CT molecular complexity index is 3690. The molecule has 0 atom stereocenters. The van der Waals surface area contributed by atoms with Crippen LogP contribution in [0, 0.1) is 0 Å². The maximum Gasteiger partial charge on any atom is 0.0714 e. The lowest BCUT2D eigenvalue weighted by molar-refractivity contribution is 0.660. The Hall–Kier alpha value is -8.52. The number of nitrogens with zero attached hydrogens (tertiary/aromatic N) is 1. The smallest absolute Gasteiger partial charge is 0.0714 e. The van der Waals surface area contributed by atoms with Gasteiger partial charge < -0.3 is 4.90 Å². The molecule has 2 aliphatic rings. The third-order valence-corrected chi connectivity index (χ3v) is 15.1. The van der Waals surface area contributed by atoms with Crippen LogP contribution < -0.4 is 4.90 Å². The Morgan fingerprint density at radius 3 is 1.41 bits per heavy atom. The quantitative estimate of drug-likeness (QED) is 0.147. The number of para-hydroxylation sites is 1. The Morgan fingerprint density at radius 2 is 0.739 bits per heavy atom. The van der Waals surface area contributed by atoms with Gasteiger partial charge >= 0.3 is 0 Å². The van der Waals surface area contributed by atoms with Gasteiger partial charge in [-0.1, -0.05) is 232 Å². The topological polar surface area (TPSA) is 3.24 Å². The van der Waals surface area contributed by atoms with Crippen molar-refractivity contribution in [2.75, 3.05) is 4.90 Å². The van der Waals surface area contributed by atoms with Gasteiger partial charge in [0, 0.05) is 22.4 Å². The molecule has 11 aromatic rings. The van der Waals surface area contributed by atoms with Crippen molar-refractivity contribution in [3.05, 3.63) is 294 Å². The first-order valence-corrected chi connectivity index (χ1v) is 24.2. The second-order valence-corrected chi connectivity index (χ2v) is 19.2. The van der Waals surface area contributed by atoms with E-state index in [0.717, 1.165) is 17.1 Å². The van der Waals surface area contributed by atoms with Crippen molar-refractivity contribution < 1.29 is 0 Å². The minimum absolute atomic E-state index is 0.252. The number of hydrogen-bond acceptors (Lipinski definition) is 1. The van der Waals surface area contributed by atoms with Gasteiger partial charge in [0.15, 0.2) is 0 Å². The van der Waals surface area contributed by atoms with Crippen LogP contribution in [0.4, 0.5) is 17.1 Å². The van der Waals surface area contributed by atoms with Gasteiger partial charge in [-0.05, 0) is 137 Å². The summed E-state index contributed by atoms with van der Waals surface area (Å²) in [6, 6.07) is 97.0. The van der Waals surface area contributed by atoms with Gasteiger partial charge in [0.1, 0.15) is 0 Å². The molecule has 13 rings (SSSR count). The van der Waals surface area contributed by atoms with E-state index >= 15 is 0 Å². The molecule has 0 saturated carbocycles. The average molecular weight is 880 g/mol. The summed E-state index contributed by atoms with van der Waals surface area (Å²) in [6.07, 6.45) is 0. The van der Waals surface area contributed by atoms with Crippen molar-refractivity contribution in [2.24, 2.45) is 0 Å². The predicted molar refractivity (Wildman–Crippen MR) is 290 cm³/mol. The fourth-order valence-electron chi connectivity index (χ4n) is 11.9. The van der Waals surface area contributed by atoms with E-state index < -0.39 is 5.41 Å². The lowest BCUT2D eigenvalue weighted by Crippen LogP contribution is -2.29. The lowest BCUT2D eigenvalue weighted by atomic mass is 9.67. The van der Waals surface area contributed by atoms with E-state index in [0.29, 0.717) is 0 Å². The minimum atomic E-state index is -0.595. The van der Waals surface area contributed by atoms with Crippen molar-refractivity contribution in [3.63, 3.8) is 0 Å². The van der Waals surface area contributed by atoms with Crippen LogP contribution in [0.15, 0.2) is 261 Å². The molecule has 0 aromatic heterocycles. The second-order valence-electron chi connectivity index (χ2n) is 19.2.